The van der Waals surface area contributed by atoms with Gasteiger partial charge in [0.2, 0.25) is 5.91 Å². The lowest BCUT2D eigenvalue weighted by atomic mass is 9.87. The Morgan fingerprint density at radius 1 is 1.18 bits per heavy atom. The van der Waals surface area contributed by atoms with Gasteiger partial charge in [0, 0.05) is 0 Å². The fourth-order valence-corrected chi connectivity index (χ4v) is 3.36. The van der Waals surface area contributed by atoms with E-state index in [0.717, 1.165) is 4.90 Å². The second-order valence-electron chi connectivity index (χ2n) is 6.34. The van der Waals surface area contributed by atoms with Gasteiger partial charge in [-0.1, -0.05) is 42.8 Å². The Morgan fingerprint density at radius 3 is 2.46 bits per heavy atom. The molecule has 2 N–H and O–H groups in total. The van der Waals surface area contributed by atoms with Crippen molar-refractivity contribution in [2.45, 2.75) is 18.9 Å². The lowest BCUT2D eigenvalue weighted by Crippen LogP contribution is -2.44. The SMILES string of the molecule is CC[C@@]1(c2ccc(OC)cc2)NC(=O)N(CC(=O)Nc2ccccc2Cl)C1=O. The van der Waals surface area contributed by atoms with Crippen LogP contribution in [-0.2, 0) is 15.1 Å². The zero-order valence-corrected chi connectivity index (χ0v) is 16.2. The normalized spacial score (nSPS) is 18.8. The van der Waals surface area contributed by atoms with E-state index in [1.165, 1.54) is 0 Å². The number of nitrogens with zero attached hydrogens (tertiary/aromatic N) is 1. The van der Waals surface area contributed by atoms with Crippen LogP contribution in [0.3, 0.4) is 0 Å². The van der Waals surface area contributed by atoms with Gasteiger partial charge >= 0.3 is 6.03 Å². The van der Waals surface area contributed by atoms with E-state index in [4.69, 9.17) is 16.3 Å². The second kappa shape index (κ2) is 7.90. The summed E-state index contributed by atoms with van der Waals surface area (Å²) in [5.74, 6) is -0.347. The molecule has 0 unspecified atom stereocenters. The summed E-state index contributed by atoms with van der Waals surface area (Å²) < 4.78 is 5.14. The highest BCUT2D eigenvalue weighted by atomic mass is 35.5. The molecule has 0 bridgehead atoms. The first-order valence-electron chi connectivity index (χ1n) is 8.74. The Bertz CT molecular complexity index is 916. The number of halogens is 1. The summed E-state index contributed by atoms with van der Waals surface area (Å²) in [4.78, 5) is 38.8. The number of carbonyl (C=O) groups excluding carboxylic acids is 3. The topological polar surface area (TPSA) is 87.7 Å². The standard InChI is InChI=1S/C20H20ClN3O4/c1-3-20(13-8-10-14(28-2)11-9-13)18(26)24(19(27)23-20)12-17(25)22-16-7-5-4-6-15(16)21/h4-11H,3,12H2,1-2H3,(H,22,25)(H,23,27)/t20-/m0/s1. The average Bonchev–Trinajstić information content (AvgIpc) is 2.95. The molecule has 1 atom stereocenters. The minimum absolute atomic E-state index is 0.340. The van der Waals surface area contributed by atoms with Crippen LogP contribution in [0.1, 0.15) is 18.9 Å². The molecule has 2 aromatic carbocycles. The van der Waals surface area contributed by atoms with E-state index in [-0.39, 0.29) is 0 Å². The van der Waals surface area contributed by atoms with Crippen LogP contribution in [0.25, 0.3) is 0 Å². The van der Waals surface area contributed by atoms with Crippen LogP contribution in [0, 0.1) is 0 Å². The van der Waals surface area contributed by atoms with Gasteiger partial charge in [-0.2, -0.15) is 0 Å². The first-order chi connectivity index (χ1) is 13.4. The van der Waals surface area contributed by atoms with Crippen molar-refractivity contribution in [2.24, 2.45) is 0 Å². The third-order valence-corrected chi connectivity index (χ3v) is 5.07. The number of anilines is 1. The van der Waals surface area contributed by atoms with Gasteiger partial charge in [-0.05, 0) is 36.2 Å². The van der Waals surface area contributed by atoms with Crippen LogP contribution < -0.4 is 15.4 Å². The summed E-state index contributed by atoms with van der Waals surface area (Å²) in [5, 5.41) is 5.73. The molecule has 1 fully saturated rings. The molecule has 0 aromatic heterocycles. The van der Waals surface area contributed by atoms with Gasteiger partial charge in [-0.15, -0.1) is 0 Å². The van der Waals surface area contributed by atoms with E-state index in [9.17, 15) is 14.4 Å². The van der Waals surface area contributed by atoms with E-state index in [1.807, 2.05) is 0 Å². The third kappa shape index (κ3) is 3.53. The predicted octanol–water partition coefficient (Wildman–Crippen LogP) is 3.14. The highest BCUT2D eigenvalue weighted by Gasteiger charge is 2.51. The molecule has 0 spiro atoms. The fraction of sp³-hybridized carbons (Fsp3) is 0.250. The third-order valence-electron chi connectivity index (χ3n) is 4.74. The molecular formula is C20H20ClN3O4. The number of carbonyl (C=O) groups is 3. The maximum absolute atomic E-state index is 13.1. The Labute approximate surface area is 167 Å². The van der Waals surface area contributed by atoms with Crippen molar-refractivity contribution < 1.29 is 19.1 Å². The van der Waals surface area contributed by atoms with Crippen LogP contribution in [0.15, 0.2) is 48.5 Å². The molecule has 0 saturated carbocycles. The number of hydrogen-bond acceptors (Lipinski definition) is 4. The summed E-state index contributed by atoms with van der Waals surface area (Å²) in [6.07, 6.45) is 0.340. The molecule has 28 heavy (non-hydrogen) atoms. The molecular weight excluding hydrogens is 382 g/mol. The maximum Gasteiger partial charge on any atom is 0.325 e. The number of para-hydroxylation sites is 1. The summed E-state index contributed by atoms with van der Waals surface area (Å²) in [7, 11) is 1.55. The van der Waals surface area contributed by atoms with Crippen LogP contribution in [0.2, 0.25) is 5.02 Å². The summed E-state index contributed by atoms with van der Waals surface area (Å²) >= 11 is 6.03. The highest BCUT2D eigenvalue weighted by Crippen LogP contribution is 2.33. The molecule has 2 aromatic rings. The Hall–Kier alpha value is -3.06. The van der Waals surface area contributed by atoms with Crippen molar-refractivity contribution >= 4 is 35.1 Å². The van der Waals surface area contributed by atoms with Crippen molar-refractivity contribution in [2.75, 3.05) is 19.0 Å². The van der Waals surface area contributed by atoms with Crippen molar-refractivity contribution in [1.82, 2.24) is 10.2 Å². The van der Waals surface area contributed by atoms with Crippen LogP contribution in [0.5, 0.6) is 5.75 Å². The Balaban J connectivity index is 1.79. The average molecular weight is 402 g/mol. The monoisotopic (exact) mass is 401 g/mol. The summed E-state index contributed by atoms with van der Waals surface area (Å²) in [5.41, 5.74) is -0.171. The summed E-state index contributed by atoms with van der Waals surface area (Å²) in [6, 6.07) is 13.0. The number of amides is 4. The van der Waals surface area contributed by atoms with Gasteiger partial charge in [0.25, 0.3) is 5.91 Å². The van der Waals surface area contributed by atoms with E-state index in [1.54, 1.807) is 62.6 Å². The number of methoxy groups -OCH3 is 1. The molecule has 1 saturated heterocycles. The van der Waals surface area contributed by atoms with Crippen molar-refractivity contribution in [1.29, 1.82) is 0 Å². The number of urea groups is 1. The molecule has 3 rings (SSSR count). The number of benzene rings is 2. The molecule has 4 amide bonds. The largest absolute Gasteiger partial charge is 0.497 e. The number of nitrogens with one attached hydrogen (secondary N) is 2. The van der Waals surface area contributed by atoms with E-state index in [0.29, 0.717) is 28.4 Å². The molecule has 1 aliphatic rings. The van der Waals surface area contributed by atoms with Gasteiger partial charge in [-0.3, -0.25) is 14.5 Å². The lowest BCUT2D eigenvalue weighted by molar-refractivity contribution is -0.134. The van der Waals surface area contributed by atoms with Crippen LogP contribution >= 0.6 is 11.6 Å². The maximum atomic E-state index is 13.1. The molecule has 0 radical (unpaired) electrons. The number of imide groups is 1. The molecule has 8 heteroatoms. The van der Waals surface area contributed by atoms with Crippen LogP contribution in [-0.4, -0.2) is 36.4 Å². The highest BCUT2D eigenvalue weighted by molar-refractivity contribution is 6.33. The quantitative estimate of drug-likeness (QED) is 0.728. The molecule has 1 heterocycles. The first-order valence-corrected chi connectivity index (χ1v) is 9.12. The molecule has 7 nitrogen and oxygen atoms in total. The lowest BCUT2D eigenvalue weighted by Gasteiger charge is -2.26. The van der Waals surface area contributed by atoms with Gasteiger partial charge in [0.15, 0.2) is 0 Å². The fourth-order valence-electron chi connectivity index (χ4n) is 3.18. The minimum atomic E-state index is -1.21. The minimum Gasteiger partial charge on any atom is -0.497 e. The second-order valence-corrected chi connectivity index (χ2v) is 6.74. The number of rotatable bonds is 6. The van der Waals surface area contributed by atoms with Gasteiger partial charge in [0.1, 0.15) is 17.8 Å². The first kappa shape index (κ1) is 19.7. The molecule has 1 aliphatic heterocycles. The van der Waals surface area contributed by atoms with E-state index < -0.39 is 29.9 Å². The zero-order chi connectivity index (χ0) is 20.3. The van der Waals surface area contributed by atoms with Gasteiger partial charge in [0.05, 0.1) is 17.8 Å². The predicted molar refractivity (Wildman–Crippen MR) is 105 cm³/mol. The van der Waals surface area contributed by atoms with Crippen molar-refractivity contribution in [3.63, 3.8) is 0 Å². The Morgan fingerprint density at radius 2 is 1.86 bits per heavy atom. The zero-order valence-electron chi connectivity index (χ0n) is 15.5. The molecule has 0 aliphatic carbocycles. The van der Waals surface area contributed by atoms with Crippen molar-refractivity contribution in [3.05, 3.63) is 59.1 Å². The number of hydrogen-bond donors (Lipinski definition) is 2. The molecule has 146 valence electrons. The summed E-state index contributed by atoms with van der Waals surface area (Å²) in [6.45, 7) is 1.39. The van der Waals surface area contributed by atoms with E-state index in [2.05, 4.69) is 10.6 Å². The van der Waals surface area contributed by atoms with Crippen LogP contribution in [0.4, 0.5) is 10.5 Å². The Kier molecular flexibility index (Phi) is 5.56. The number of ether oxygens (including phenoxy) is 1. The van der Waals surface area contributed by atoms with Gasteiger partial charge < -0.3 is 15.4 Å². The van der Waals surface area contributed by atoms with Crippen molar-refractivity contribution in [3.8, 4) is 5.75 Å². The van der Waals surface area contributed by atoms with Gasteiger partial charge in [-0.25, -0.2) is 4.79 Å². The smallest absolute Gasteiger partial charge is 0.325 e. The van der Waals surface area contributed by atoms with E-state index >= 15 is 0 Å².